The van der Waals surface area contributed by atoms with E-state index in [4.69, 9.17) is 37.4 Å². The number of rotatable bonds is 8. The normalized spacial score (nSPS) is 10.6. The molecule has 0 aliphatic rings. The van der Waals surface area contributed by atoms with Crippen LogP contribution in [0.1, 0.15) is 18.2 Å². The van der Waals surface area contributed by atoms with Crippen molar-refractivity contribution in [2.24, 2.45) is 0 Å². The van der Waals surface area contributed by atoms with Crippen molar-refractivity contribution in [3.63, 3.8) is 0 Å². The first-order valence-corrected chi connectivity index (χ1v) is 11.2. The van der Waals surface area contributed by atoms with Crippen molar-refractivity contribution >= 4 is 45.5 Å². The smallest absolute Gasteiger partial charge is 0.167 e. The van der Waals surface area contributed by atoms with Crippen molar-refractivity contribution in [3.8, 4) is 23.3 Å². The summed E-state index contributed by atoms with van der Waals surface area (Å²) in [5, 5.41) is 13.8. The highest BCUT2D eigenvalue weighted by Crippen LogP contribution is 2.39. The average molecular weight is 513 g/mol. The molecule has 10 heteroatoms. The molecule has 2 aromatic carbocycles. The summed E-state index contributed by atoms with van der Waals surface area (Å²) in [7, 11) is 1.52. The maximum atomic E-state index is 14.9. The van der Waals surface area contributed by atoms with Gasteiger partial charge in [-0.05, 0) is 25.1 Å². The van der Waals surface area contributed by atoms with Gasteiger partial charge in [0, 0.05) is 29.8 Å². The van der Waals surface area contributed by atoms with Gasteiger partial charge in [0.15, 0.2) is 23.1 Å². The third-order valence-corrected chi connectivity index (χ3v) is 5.53. The fourth-order valence-corrected chi connectivity index (χ4v) is 3.78. The minimum atomic E-state index is -0.646. The highest BCUT2D eigenvalue weighted by Gasteiger charge is 2.17. The predicted molar refractivity (Wildman–Crippen MR) is 132 cm³/mol. The van der Waals surface area contributed by atoms with Crippen molar-refractivity contribution in [1.82, 2.24) is 9.97 Å². The topological polar surface area (TPSA) is 89.3 Å². The van der Waals surface area contributed by atoms with Crippen LogP contribution < -0.4 is 19.5 Å². The largest absolute Gasteiger partial charge is 0.493 e. The number of halogens is 3. The Bertz CT molecular complexity index is 1440. The van der Waals surface area contributed by atoms with E-state index in [1.54, 1.807) is 30.3 Å². The SMILES string of the molecule is CCOc1cc2ncc(C#N)c(Nc3cc(F)c(OCc4cccc(Cl)n4)cc3Cl)c2cc1OC. The monoisotopic (exact) mass is 512 g/mol. The molecule has 0 amide bonds. The molecule has 0 aliphatic carbocycles. The summed E-state index contributed by atoms with van der Waals surface area (Å²) < 4.78 is 31.5. The summed E-state index contributed by atoms with van der Waals surface area (Å²) in [6.07, 6.45) is 1.42. The minimum Gasteiger partial charge on any atom is -0.493 e. The number of anilines is 2. The van der Waals surface area contributed by atoms with E-state index in [2.05, 4.69) is 21.4 Å². The second kappa shape index (κ2) is 10.6. The zero-order valence-corrected chi connectivity index (χ0v) is 20.2. The van der Waals surface area contributed by atoms with Gasteiger partial charge >= 0.3 is 0 Å². The van der Waals surface area contributed by atoms with Gasteiger partial charge in [0.2, 0.25) is 0 Å². The van der Waals surface area contributed by atoms with E-state index in [0.717, 1.165) is 0 Å². The molecule has 4 aromatic rings. The van der Waals surface area contributed by atoms with E-state index in [9.17, 15) is 9.65 Å². The van der Waals surface area contributed by atoms with Crippen LogP contribution >= 0.6 is 23.2 Å². The van der Waals surface area contributed by atoms with Crippen LogP contribution in [0, 0.1) is 17.1 Å². The molecule has 0 unspecified atom stereocenters. The molecule has 1 N–H and O–H groups in total. The van der Waals surface area contributed by atoms with Gasteiger partial charge in [-0.15, -0.1) is 0 Å². The van der Waals surface area contributed by atoms with Gasteiger partial charge in [0.05, 0.1) is 46.9 Å². The van der Waals surface area contributed by atoms with Crippen LogP contribution in [-0.2, 0) is 6.61 Å². The fourth-order valence-electron chi connectivity index (χ4n) is 3.40. The van der Waals surface area contributed by atoms with Crippen molar-refractivity contribution in [3.05, 3.63) is 75.9 Å². The Morgan fingerprint density at radius 2 is 1.91 bits per heavy atom. The molecule has 4 rings (SSSR count). The molecular weight excluding hydrogens is 494 g/mol. The maximum Gasteiger partial charge on any atom is 0.167 e. The first-order chi connectivity index (χ1) is 16.9. The lowest BCUT2D eigenvalue weighted by Gasteiger charge is -2.16. The summed E-state index contributed by atoms with van der Waals surface area (Å²) in [6, 6.07) is 13.1. The Labute approximate surface area is 211 Å². The first-order valence-electron chi connectivity index (χ1n) is 10.5. The van der Waals surface area contributed by atoms with Crippen molar-refractivity contribution < 1.29 is 18.6 Å². The Kier molecular flexibility index (Phi) is 7.39. The number of nitriles is 1. The molecule has 2 heterocycles. The zero-order chi connectivity index (χ0) is 24.9. The molecule has 0 radical (unpaired) electrons. The minimum absolute atomic E-state index is 0.0100. The van der Waals surface area contributed by atoms with Gasteiger partial charge < -0.3 is 19.5 Å². The van der Waals surface area contributed by atoms with Crippen molar-refractivity contribution in [1.29, 1.82) is 5.26 Å². The first kappa shape index (κ1) is 24.3. The van der Waals surface area contributed by atoms with Crippen LogP contribution in [-0.4, -0.2) is 23.7 Å². The van der Waals surface area contributed by atoms with Crippen LogP contribution in [0.3, 0.4) is 0 Å². The Morgan fingerprint density at radius 3 is 2.63 bits per heavy atom. The fraction of sp³-hybridized carbons (Fsp3) is 0.160. The number of benzene rings is 2. The number of ether oxygens (including phenoxy) is 3. The quantitative estimate of drug-likeness (QED) is 0.263. The maximum absolute atomic E-state index is 14.9. The number of hydrogen-bond donors (Lipinski definition) is 1. The molecule has 2 aromatic heterocycles. The number of aromatic nitrogens is 2. The van der Waals surface area contributed by atoms with Gasteiger partial charge in [0.1, 0.15) is 17.8 Å². The highest BCUT2D eigenvalue weighted by atomic mass is 35.5. The molecule has 0 bridgehead atoms. The van der Waals surface area contributed by atoms with Crippen molar-refractivity contribution in [2.45, 2.75) is 13.5 Å². The molecule has 35 heavy (non-hydrogen) atoms. The molecule has 7 nitrogen and oxygen atoms in total. The Morgan fingerprint density at radius 1 is 1.09 bits per heavy atom. The number of methoxy groups -OCH3 is 1. The second-order valence-corrected chi connectivity index (χ2v) is 8.03. The number of nitrogens with one attached hydrogen (secondary N) is 1. The summed E-state index contributed by atoms with van der Waals surface area (Å²) in [6.45, 7) is 2.31. The van der Waals surface area contributed by atoms with E-state index in [-0.39, 0.29) is 28.6 Å². The van der Waals surface area contributed by atoms with Crippen LogP contribution in [0.4, 0.5) is 15.8 Å². The number of pyridine rings is 2. The van der Waals surface area contributed by atoms with E-state index in [0.29, 0.717) is 45.5 Å². The summed E-state index contributed by atoms with van der Waals surface area (Å²) in [5.41, 5.74) is 1.98. The summed E-state index contributed by atoms with van der Waals surface area (Å²) in [5.74, 6) is 0.290. The van der Waals surface area contributed by atoms with Crippen LogP contribution in [0.5, 0.6) is 17.2 Å². The lowest BCUT2D eigenvalue weighted by molar-refractivity contribution is 0.286. The third-order valence-electron chi connectivity index (χ3n) is 5.00. The van der Waals surface area contributed by atoms with Gasteiger partial charge in [-0.1, -0.05) is 29.3 Å². The van der Waals surface area contributed by atoms with E-state index in [1.165, 1.54) is 25.4 Å². The summed E-state index contributed by atoms with van der Waals surface area (Å²) in [4.78, 5) is 8.46. The second-order valence-electron chi connectivity index (χ2n) is 7.24. The molecule has 0 atom stereocenters. The van der Waals surface area contributed by atoms with E-state index < -0.39 is 5.82 Å². The Balaban J connectivity index is 1.68. The molecule has 0 saturated carbocycles. The van der Waals surface area contributed by atoms with Gasteiger partial charge in [-0.3, -0.25) is 4.98 Å². The van der Waals surface area contributed by atoms with Crippen LogP contribution in [0.15, 0.2) is 48.7 Å². The molecule has 0 aliphatic heterocycles. The summed E-state index contributed by atoms with van der Waals surface area (Å²) >= 11 is 12.3. The van der Waals surface area contributed by atoms with E-state index >= 15 is 0 Å². The van der Waals surface area contributed by atoms with Crippen molar-refractivity contribution in [2.75, 3.05) is 19.0 Å². The molecule has 0 saturated heterocycles. The Hall–Kier alpha value is -3.80. The van der Waals surface area contributed by atoms with Gasteiger partial charge in [0.25, 0.3) is 0 Å². The van der Waals surface area contributed by atoms with Gasteiger partial charge in [-0.25, -0.2) is 9.37 Å². The van der Waals surface area contributed by atoms with Crippen LogP contribution in [0.2, 0.25) is 10.2 Å². The molecule has 178 valence electrons. The average Bonchev–Trinajstić information content (AvgIpc) is 2.85. The number of hydrogen-bond acceptors (Lipinski definition) is 7. The van der Waals surface area contributed by atoms with E-state index in [1.807, 2.05) is 6.92 Å². The number of nitrogens with zero attached hydrogens (tertiary/aromatic N) is 3. The van der Waals surface area contributed by atoms with Crippen LogP contribution in [0.25, 0.3) is 10.9 Å². The lowest BCUT2D eigenvalue weighted by atomic mass is 10.1. The third kappa shape index (κ3) is 5.32. The highest BCUT2D eigenvalue weighted by molar-refractivity contribution is 6.33. The van der Waals surface area contributed by atoms with Gasteiger partial charge in [-0.2, -0.15) is 5.26 Å². The lowest BCUT2D eigenvalue weighted by Crippen LogP contribution is -2.02. The number of fused-ring (bicyclic) bond motifs is 1. The molecule has 0 fully saturated rings. The predicted octanol–water partition coefficient (Wildman–Crippen LogP) is 6.68. The standard InChI is InChI=1S/C25H19Cl2FN4O3/c1-3-34-23-10-19-16(7-22(23)33-2)25(14(11-29)12-30-19)32-20-9-18(28)21(8-17(20)26)35-13-15-5-4-6-24(27)31-15/h4-10,12H,3,13H2,1-2H3,(H,30,32). The zero-order valence-electron chi connectivity index (χ0n) is 18.7. The molecular formula is C25H19Cl2FN4O3. The molecule has 0 spiro atoms.